The average molecular weight is 233 g/mol. The maximum atomic E-state index is 12.0. The number of benzene rings is 1. The van der Waals surface area contributed by atoms with E-state index in [9.17, 15) is 9.90 Å². The second-order valence-electron chi connectivity index (χ2n) is 4.91. The van der Waals surface area contributed by atoms with Crippen LogP contribution in [0.3, 0.4) is 0 Å². The molecule has 2 atom stereocenters. The smallest absolute Gasteiger partial charge is 0.230 e. The first-order chi connectivity index (χ1) is 8.08. The van der Waals surface area contributed by atoms with Crippen LogP contribution in [0.5, 0.6) is 0 Å². The van der Waals surface area contributed by atoms with E-state index in [-0.39, 0.29) is 11.8 Å². The van der Waals surface area contributed by atoms with Crippen molar-refractivity contribution < 1.29 is 9.90 Å². The Morgan fingerprint density at radius 1 is 1.35 bits per heavy atom. The van der Waals surface area contributed by atoms with Crippen LogP contribution in [-0.2, 0) is 4.79 Å². The van der Waals surface area contributed by atoms with E-state index in [2.05, 4.69) is 5.32 Å². The van der Waals surface area contributed by atoms with Gasteiger partial charge >= 0.3 is 0 Å². The molecule has 0 bridgehead atoms. The number of hydrogen-bond donors (Lipinski definition) is 2. The summed E-state index contributed by atoms with van der Waals surface area (Å²) in [6, 6.07) is 5.94. The molecule has 1 fully saturated rings. The van der Waals surface area contributed by atoms with Crippen LogP contribution in [0.4, 0.5) is 5.69 Å². The highest BCUT2D eigenvalue weighted by molar-refractivity contribution is 5.93. The van der Waals surface area contributed by atoms with Gasteiger partial charge in [-0.25, -0.2) is 0 Å². The summed E-state index contributed by atoms with van der Waals surface area (Å²) in [4.78, 5) is 12.0. The zero-order chi connectivity index (χ0) is 12.4. The molecule has 0 aliphatic heterocycles. The largest absolute Gasteiger partial charge is 0.392 e. The van der Waals surface area contributed by atoms with Crippen LogP contribution >= 0.6 is 0 Å². The first-order valence-electron chi connectivity index (χ1n) is 6.14. The Balaban J connectivity index is 2.07. The lowest BCUT2D eigenvalue weighted by Crippen LogP contribution is -2.28. The van der Waals surface area contributed by atoms with E-state index in [0.29, 0.717) is 0 Å². The molecule has 17 heavy (non-hydrogen) atoms. The molecule has 0 radical (unpaired) electrons. The first-order valence-corrected chi connectivity index (χ1v) is 6.14. The Morgan fingerprint density at radius 3 is 2.71 bits per heavy atom. The van der Waals surface area contributed by atoms with Crippen LogP contribution in [0.2, 0.25) is 0 Å². The minimum atomic E-state index is -0.472. The van der Waals surface area contributed by atoms with Crippen LogP contribution in [0.15, 0.2) is 18.2 Å². The molecule has 0 saturated heterocycles. The number of aliphatic hydroxyl groups is 1. The normalized spacial score (nSPS) is 23.7. The Bertz CT molecular complexity index is 428. The molecule has 1 aliphatic carbocycles. The van der Waals surface area contributed by atoms with Crippen molar-refractivity contribution in [3.63, 3.8) is 0 Å². The van der Waals surface area contributed by atoms with Gasteiger partial charge < -0.3 is 10.4 Å². The predicted molar refractivity (Wildman–Crippen MR) is 67.9 cm³/mol. The minimum absolute atomic E-state index is 0.0537. The summed E-state index contributed by atoms with van der Waals surface area (Å²) in [5.41, 5.74) is 3.09. The molecule has 1 amide bonds. The van der Waals surface area contributed by atoms with Gasteiger partial charge in [-0.3, -0.25) is 4.79 Å². The molecule has 1 saturated carbocycles. The van der Waals surface area contributed by atoms with Crippen molar-refractivity contribution in [3.8, 4) is 0 Å². The van der Waals surface area contributed by atoms with Crippen molar-refractivity contribution in [3.05, 3.63) is 29.3 Å². The Kier molecular flexibility index (Phi) is 3.48. The lowest BCUT2D eigenvalue weighted by Gasteiger charge is -2.15. The summed E-state index contributed by atoms with van der Waals surface area (Å²) in [6.45, 7) is 4.01. The molecule has 92 valence electrons. The number of amides is 1. The Labute approximate surface area is 102 Å². The number of aliphatic hydroxyl groups excluding tert-OH is 1. The number of nitrogens with one attached hydrogen (secondary N) is 1. The quantitative estimate of drug-likeness (QED) is 0.824. The number of aryl methyl sites for hydroxylation is 2. The number of carbonyl (C=O) groups excluding carboxylic acids is 1. The molecule has 3 heteroatoms. The number of rotatable bonds is 2. The molecular formula is C14H19NO2. The van der Waals surface area contributed by atoms with Gasteiger partial charge in [-0.1, -0.05) is 17.7 Å². The molecule has 1 aromatic carbocycles. The van der Waals surface area contributed by atoms with Crippen LogP contribution in [0.1, 0.15) is 30.4 Å². The van der Waals surface area contributed by atoms with Gasteiger partial charge in [-0.05, 0) is 44.7 Å². The lowest BCUT2D eigenvalue weighted by atomic mass is 10.0. The standard InChI is InChI=1S/C14H19NO2/c1-9-6-7-12(10(2)8-9)15-14(17)11-4-3-5-13(11)16/h6-8,11,13,16H,3-5H2,1-2H3,(H,15,17). The Hall–Kier alpha value is -1.35. The van der Waals surface area contributed by atoms with E-state index < -0.39 is 6.10 Å². The maximum absolute atomic E-state index is 12.0. The monoisotopic (exact) mass is 233 g/mol. The fourth-order valence-corrected chi connectivity index (χ4v) is 2.43. The van der Waals surface area contributed by atoms with E-state index in [1.807, 2.05) is 32.0 Å². The van der Waals surface area contributed by atoms with Crippen molar-refractivity contribution in [2.75, 3.05) is 5.32 Å². The highest BCUT2D eigenvalue weighted by Gasteiger charge is 2.31. The van der Waals surface area contributed by atoms with Crippen LogP contribution in [0, 0.1) is 19.8 Å². The number of anilines is 1. The zero-order valence-corrected chi connectivity index (χ0v) is 10.4. The van der Waals surface area contributed by atoms with Crippen molar-refractivity contribution in [2.24, 2.45) is 5.92 Å². The summed E-state index contributed by atoms with van der Waals surface area (Å²) in [7, 11) is 0. The minimum Gasteiger partial charge on any atom is -0.392 e. The van der Waals surface area contributed by atoms with E-state index in [0.717, 1.165) is 30.5 Å². The third kappa shape index (κ3) is 2.67. The fraction of sp³-hybridized carbons (Fsp3) is 0.500. The number of carbonyl (C=O) groups is 1. The van der Waals surface area contributed by atoms with Crippen molar-refractivity contribution in [1.82, 2.24) is 0 Å². The van der Waals surface area contributed by atoms with E-state index in [1.165, 1.54) is 5.56 Å². The molecule has 0 spiro atoms. The van der Waals surface area contributed by atoms with Crippen molar-refractivity contribution in [1.29, 1.82) is 0 Å². The lowest BCUT2D eigenvalue weighted by molar-refractivity contribution is -0.122. The molecule has 2 N–H and O–H groups in total. The van der Waals surface area contributed by atoms with Gasteiger partial charge in [0.05, 0.1) is 12.0 Å². The van der Waals surface area contributed by atoms with Gasteiger partial charge in [-0.2, -0.15) is 0 Å². The van der Waals surface area contributed by atoms with Crippen LogP contribution in [0.25, 0.3) is 0 Å². The molecule has 1 aromatic rings. The molecule has 0 heterocycles. The van der Waals surface area contributed by atoms with Gasteiger partial charge in [0.2, 0.25) is 5.91 Å². The Morgan fingerprint density at radius 2 is 2.12 bits per heavy atom. The molecule has 0 aromatic heterocycles. The van der Waals surface area contributed by atoms with Crippen LogP contribution < -0.4 is 5.32 Å². The fourth-order valence-electron chi connectivity index (χ4n) is 2.43. The maximum Gasteiger partial charge on any atom is 0.230 e. The van der Waals surface area contributed by atoms with Gasteiger partial charge in [0.1, 0.15) is 0 Å². The summed E-state index contributed by atoms with van der Waals surface area (Å²) in [6.07, 6.45) is 2.00. The van der Waals surface area contributed by atoms with E-state index >= 15 is 0 Å². The highest BCUT2D eigenvalue weighted by atomic mass is 16.3. The number of hydrogen-bond acceptors (Lipinski definition) is 2. The second-order valence-corrected chi connectivity index (χ2v) is 4.91. The van der Waals surface area contributed by atoms with Gasteiger partial charge in [0, 0.05) is 5.69 Å². The predicted octanol–water partition coefficient (Wildman–Crippen LogP) is 2.40. The molecular weight excluding hydrogens is 214 g/mol. The van der Waals surface area contributed by atoms with E-state index in [1.54, 1.807) is 0 Å². The third-order valence-electron chi connectivity index (χ3n) is 3.46. The third-order valence-corrected chi connectivity index (χ3v) is 3.46. The topological polar surface area (TPSA) is 49.3 Å². The molecule has 2 unspecified atom stereocenters. The van der Waals surface area contributed by atoms with Gasteiger partial charge in [-0.15, -0.1) is 0 Å². The average Bonchev–Trinajstić information content (AvgIpc) is 2.68. The molecule has 1 aliphatic rings. The summed E-state index contributed by atoms with van der Waals surface area (Å²) < 4.78 is 0. The van der Waals surface area contributed by atoms with Crippen molar-refractivity contribution >= 4 is 11.6 Å². The van der Waals surface area contributed by atoms with E-state index in [4.69, 9.17) is 0 Å². The summed E-state index contributed by atoms with van der Waals surface area (Å²) in [5.74, 6) is -0.294. The second kappa shape index (κ2) is 4.88. The summed E-state index contributed by atoms with van der Waals surface area (Å²) >= 11 is 0. The van der Waals surface area contributed by atoms with Crippen molar-refractivity contribution in [2.45, 2.75) is 39.2 Å². The first kappa shape index (κ1) is 12.1. The zero-order valence-electron chi connectivity index (χ0n) is 10.4. The van der Waals surface area contributed by atoms with Gasteiger partial charge in [0.25, 0.3) is 0 Å². The molecule has 2 rings (SSSR count). The highest BCUT2D eigenvalue weighted by Crippen LogP contribution is 2.27. The summed E-state index contributed by atoms with van der Waals surface area (Å²) in [5, 5.41) is 12.6. The SMILES string of the molecule is Cc1ccc(NC(=O)C2CCCC2O)c(C)c1. The van der Waals surface area contributed by atoms with Gasteiger partial charge in [0.15, 0.2) is 0 Å². The van der Waals surface area contributed by atoms with Crippen LogP contribution in [-0.4, -0.2) is 17.1 Å². The molecule has 3 nitrogen and oxygen atoms in total.